The minimum atomic E-state index is -0.228. The molecule has 2 N–H and O–H groups in total. The standard InChI is InChI=1S/C11H8BrN3O2/c1-15-7-4-13-6-3-2-5(12)10(16)8(6)9(7)14-11(15)17/h2-4,16H,1H3,(H,14,17). The van der Waals surface area contributed by atoms with Gasteiger partial charge in [0.2, 0.25) is 0 Å². The van der Waals surface area contributed by atoms with Crippen LogP contribution < -0.4 is 5.69 Å². The molecule has 3 rings (SSSR count). The smallest absolute Gasteiger partial charge is 0.326 e. The Bertz CT molecular complexity index is 804. The summed E-state index contributed by atoms with van der Waals surface area (Å²) in [5.74, 6) is 0.0856. The highest BCUT2D eigenvalue weighted by atomic mass is 79.9. The van der Waals surface area contributed by atoms with Gasteiger partial charge in [-0.05, 0) is 28.1 Å². The van der Waals surface area contributed by atoms with Crippen molar-refractivity contribution in [1.29, 1.82) is 0 Å². The number of rotatable bonds is 0. The number of aryl methyl sites for hydroxylation is 1. The van der Waals surface area contributed by atoms with E-state index in [-0.39, 0.29) is 11.4 Å². The summed E-state index contributed by atoms with van der Waals surface area (Å²) in [5, 5.41) is 10.6. The van der Waals surface area contributed by atoms with Crippen LogP contribution in [0, 0.1) is 0 Å². The van der Waals surface area contributed by atoms with E-state index < -0.39 is 0 Å². The van der Waals surface area contributed by atoms with E-state index in [0.29, 0.717) is 26.4 Å². The van der Waals surface area contributed by atoms with Gasteiger partial charge >= 0.3 is 5.69 Å². The van der Waals surface area contributed by atoms with Gasteiger partial charge in [0.15, 0.2) is 0 Å². The van der Waals surface area contributed by atoms with E-state index in [9.17, 15) is 9.90 Å². The van der Waals surface area contributed by atoms with Gasteiger partial charge in [-0.15, -0.1) is 0 Å². The zero-order chi connectivity index (χ0) is 12.2. The predicted octanol–water partition coefficient (Wildman–Crippen LogP) is 1.88. The third kappa shape index (κ3) is 1.30. The number of benzene rings is 1. The number of fused-ring (bicyclic) bond motifs is 3. The molecule has 17 heavy (non-hydrogen) atoms. The van der Waals surface area contributed by atoms with Crippen LogP contribution in [0.5, 0.6) is 5.75 Å². The zero-order valence-corrected chi connectivity index (χ0v) is 10.4. The maximum atomic E-state index is 11.6. The van der Waals surface area contributed by atoms with Crippen LogP contribution in [0.15, 0.2) is 27.6 Å². The van der Waals surface area contributed by atoms with E-state index in [1.807, 2.05) is 0 Å². The molecule has 0 bridgehead atoms. The first-order valence-corrected chi connectivity index (χ1v) is 5.74. The molecule has 0 atom stereocenters. The molecule has 2 heterocycles. The number of phenols is 1. The van der Waals surface area contributed by atoms with E-state index in [0.717, 1.165) is 0 Å². The summed E-state index contributed by atoms with van der Waals surface area (Å²) in [6.07, 6.45) is 1.61. The first kappa shape index (κ1) is 10.3. The van der Waals surface area contributed by atoms with E-state index in [1.54, 1.807) is 25.4 Å². The van der Waals surface area contributed by atoms with Gasteiger partial charge in [0, 0.05) is 7.05 Å². The molecule has 0 spiro atoms. The average Bonchev–Trinajstić information content (AvgIpc) is 2.60. The number of halogens is 1. The van der Waals surface area contributed by atoms with Crippen molar-refractivity contribution in [2.75, 3.05) is 0 Å². The Hall–Kier alpha value is -1.82. The third-order valence-electron chi connectivity index (χ3n) is 2.84. The van der Waals surface area contributed by atoms with Gasteiger partial charge in [0.05, 0.1) is 32.6 Å². The highest BCUT2D eigenvalue weighted by Crippen LogP contribution is 2.34. The van der Waals surface area contributed by atoms with Crippen molar-refractivity contribution in [3.8, 4) is 5.75 Å². The van der Waals surface area contributed by atoms with E-state index >= 15 is 0 Å². The van der Waals surface area contributed by atoms with E-state index in [4.69, 9.17) is 0 Å². The number of aromatic hydroxyl groups is 1. The molecule has 0 aliphatic rings. The van der Waals surface area contributed by atoms with Gasteiger partial charge in [-0.2, -0.15) is 0 Å². The summed E-state index contributed by atoms with van der Waals surface area (Å²) in [7, 11) is 1.66. The second-order valence-electron chi connectivity index (χ2n) is 3.80. The van der Waals surface area contributed by atoms with E-state index in [1.165, 1.54) is 4.57 Å². The number of phenolic OH excluding ortho intramolecular Hbond substituents is 1. The lowest BCUT2D eigenvalue weighted by Crippen LogP contribution is -2.11. The van der Waals surface area contributed by atoms with Crippen LogP contribution in [0.2, 0.25) is 0 Å². The minimum absolute atomic E-state index is 0.0856. The fourth-order valence-corrected chi connectivity index (χ4v) is 2.24. The number of nitrogens with one attached hydrogen (secondary N) is 1. The number of aromatic nitrogens is 3. The van der Waals surface area contributed by atoms with Crippen LogP contribution in [0.3, 0.4) is 0 Å². The normalized spacial score (nSPS) is 11.4. The van der Waals surface area contributed by atoms with Crippen molar-refractivity contribution in [2.24, 2.45) is 7.05 Å². The molecule has 0 amide bonds. The Kier molecular flexibility index (Phi) is 2.03. The first-order valence-electron chi connectivity index (χ1n) is 4.94. The molecule has 2 aromatic heterocycles. The molecule has 0 radical (unpaired) electrons. The molecule has 1 aromatic carbocycles. The monoisotopic (exact) mass is 293 g/mol. The van der Waals surface area contributed by atoms with Crippen molar-refractivity contribution >= 4 is 37.9 Å². The molecule has 0 unspecified atom stereocenters. The summed E-state index contributed by atoms with van der Waals surface area (Å²) in [6, 6.07) is 3.50. The Morgan fingerprint density at radius 2 is 2.24 bits per heavy atom. The van der Waals surface area contributed by atoms with Crippen LogP contribution in [0.4, 0.5) is 0 Å². The highest BCUT2D eigenvalue weighted by Gasteiger charge is 2.13. The number of pyridine rings is 1. The summed E-state index contributed by atoms with van der Waals surface area (Å²) in [5.41, 5.74) is 1.67. The van der Waals surface area contributed by atoms with Crippen LogP contribution in [-0.4, -0.2) is 19.6 Å². The Morgan fingerprint density at radius 1 is 1.47 bits per heavy atom. The molecule has 0 aliphatic carbocycles. The number of hydrogen-bond donors (Lipinski definition) is 2. The van der Waals surface area contributed by atoms with Gasteiger partial charge in [-0.1, -0.05) is 0 Å². The summed E-state index contributed by atoms with van der Waals surface area (Å²) in [6.45, 7) is 0. The van der Waals surface area contributed by atoms with Crippen molar-refractivity contribution in [3.63, 3.8) is 0 Å². The summed E-state index contributed by atoms with van der Waals surface area (Å²) >= 11 is 3.25. The lowest BCUT2D eigenvalue weighted by Gasteiger charge is -2.03. The Morgan fingerprint density at radius 3 is 3.00 bits per heavy atom. The molecule has 0 aliphatic heterocycles. The topological polar surface area (TPSA) is 70.9 Å². The van der Waals surface area contributed by atoms with Gasteiger partial charge in [-0.25, -0.2) is 4.79 Å². The van der Waals surface area contributed by atoms with Crippen molar-refractivity contribution in [3.05, 3.63) is 33.3 Å². The van der Waals surface area contributed by atoms with Crippen LogP contribution in [0.1, 0.15) is 0 Å². The van der Waals surface area contributed by atoms with Crippen molar-refractivity contribution in [1.82, 2.24) is 14.5 Å². The third-order valence-corrected chi connectivity index (χ3v) is 3.48. The number of imidazole rings is 1. The molecular weight excluding hydrogens is 286 g/mol. The Labute approximate surface area is 104 Å². The molecule has 0 fully saturated rings. The zero-order valence-electron chi connectivity index (χ0n) is 8.86. The summed E-state index contributed by atoms with van der Waals surface area (Å²) in [4.78, 5) is 18.5. The fourth-order valence-electron chi connectivity index (χ4n) is 1.91. The fraction of sp³-hybridized carbons (Fsp3) is 0.0909. The molecule has 5 nitrogen and oxygen atoms in total. The average molecular weight is 294 g/mol. The van der Waals surface area contributed by atoms with Crippen LogP contribution >= 0.6 is 15.9 Å². The maximum Gasteiger partial charge on any atom is 0.326 e. The molecular formula is C11H8BrN3O2. The number of H-pyrrole nitrogens is 1. The minimum Gasteiger partial charge on any atom is -0.506 e. The molecule has 0 saturated carbocycles. The molecule has 86 valence electrons. The van der Waals surface area contributed by atoms with Gasteiger partial charge in [-0.3, -0.25) is 9.55 Å². The van der Waals surface area contributed by atoms with E-state index in [2.05, 4.69) is 25.9 Å². The first-order chi connectivity index (χ1) is 8.09. The lowest BCUT2D eigenvalue weighted by atomic mass is 10.2. The number of nitrogens with zero attached hydrogens (tertiary/aromatic N) is 2. The van der Waals surface area contributed by atoms with Crippen molar-refractivity contribution < 1.29 is 5.11 Å². The van der Waals surface area contributed by atoms with Gasteiger partial charge in [0.1, 0.15) is 5.75 Å². The summed E-state index contributed by atoms with van der Waals surface area (Å²) < 4.78 is 2.03. The maximum absolute atomic E-state index is 11.6. The quantitative estimate of drug-likeness (QED) is 0.665. The van der Waals surface area contributed by atoms with Crippen LogP contribution in [-0.2, 0) is 7.05 Å². The SMILES string of the molecule is Cn1c(=O)[nH]c2c3c(O)c(Br)ccc3ncc21. The number of aromatic amines is 1. The molecule has 0 saturated heterocycles. The predicted molar refractivity (Wildman–Crippen MR) is 68.2 cm³/mol. The molecule has 3 aromatic rings. The van der Waals surface area contributed by atoms with Crippen molar-refractivity contribution in [2.45, 2.75) is 0 Å². The number of hydrogen-bond acceptors (Lipinski definition) is 3. The van der Waals surface area contributed by atoms with Crippen LogP contribution in [0.25, 0.3) is 21.9 Å². The lowest BCUT2D eigenvalue weighted by molar-refractivity contribution is 0.478. The second kappa shape index (κ2) is 3.33. The largest absolute Gasteiger partial charge is 0.506 e. The van der Waals surface area contributed by atoms with Gasteiger partial charge in [0.25, 0.3) is 0 Å². The van der Waals surface area contributed by atoms with Gasteiger partial charge < -0.3 is 10.1 Å². The Balaban J connectivity index is 2.67. The molecule has 6 heteroatoms. The highest BCUT2D eigenvalue weighted by molar-refractivity contribution is 9.10. The second-order valence-corrected chi connectivity index (χ2v) is 4.65.